The molecule has 0 aliphatic heterocycles. The molecule has 0 aliphatic rings. The molecule has 2 rings (SSSR count). The van der Waals surface area contributed by atoms with Crippen LogP contribution in [0.1, 0.15) is 27.6 Å². The van der Waals surface area contributed by atoms with E-state index in [1.54, 1.807) is 6.07 Å². The van der Waals surface area contributed by atoms with E-state index in [1.807, 2.05) is 0 Å². The van der Waals surface area contributed by atoms with E-state index in [1.165, 1.54) is 44.4 Å². The normalized spacial score (nSPS) is 10.0. The molecule has 0 heterocycles. The first-order valence-corrected chi connectivity index (χ1v) is 7.81. The second-order valence-corrected chi connectivity index (χ2v) is 5.82. The number of anilines is 1. The van der Waals surface area contributed by atoms with Crippen molar-refractivity contribution in [2.24, 2.45) is 0 Å². The first-order valence-electron chi connectivity index (χ1n) is 7.02. The minimum absolute atomic E-state index is 0.0498. The Morgan fingerprint density at radius 3 is 2.40 bits per heavy atom. The van der Waals surface area contributed by atoms with Crippen LogP contribution in [0.2, 0.25) is 0 Å². The SMILES string of the molecule is COc1cc(C(=O)Nc2ccc(Br)cc2C(=O)O)ccc1OC(C)=O. The molecule has 2 N–H and O–H groups in total. The largest absolute Gasteiger partial charge is 0.493 e. The van der Waals surface area contributed by atoms with Gasteiger partial charge in [0.2, 0.25) is 0 Å². The fourth-order valence-electron chi connectivity index (χ4n) is 2.04. The van der Waals surface area contributed by atoms with Crippen LogP contribution in [-0.4, -0.2) is 30.1 Å². The number of hydrogen-bond donors (Lipinski definition) is 2. The number of carboxylic acid groups (broad SMARTS) is 1. The maximum Gasteiger partial charge on any atom is 0.337 e. The molecular formula is C17H14BrNO6. The summed E-state index contributed by atoms with van der Waals surface area (Å²) in [6, 6.07) is 8.75. The van der Waals surface area contributed by atoms with Gasteiger partial charge < -0.3 is 19.9 Å². The lowest BCUT2D eigenvalue weighted by Gasteiger charge is -2.12. The van der Waals surface area contributed by atoms with Gasteiger partial charge in [-0.25, -0.2) is 4.79 Å². The monoisotopic (exact) mass is 407 g/mol. The number of esters is 1. The third-order valence-corrected chi connectivity index (χ3v) is 3.63. The molecule has 0 bridgehead atoms. The summed E-state index contributed by atoms with van der Waals surface area (Å²) in [6.07, 6.45) is 0. The molecule has 0 spiro atoms. The second kappa shape index (κ2) is 7.80. The Balaban J connectivity index is 2.30. The van der Waals surface area contributed by atoms with Crippen molar-refractivity contribution in [3.05, 3.63) is 52.0 Å². The lowest BCUT2D eigenvalue weighted by Crippen LogP contribution is -2.15. The van der Waals surface area contributed by atoms with Crippen molar-refractivity contribution < 1.29 is 29.0 Å². The molecule has 2 aromatic carbocycles. The molecule has 0 radical (unpaired) electrons. The van der Waals surface area contributed by atoms with E-state index in [2.05, 4.69) is 21.2 Å². The van der Waals surface area contributed by atoms with Gasteiger partial charge in [0, 0.05) is 17.0 Å². The van der Waals surface area contributed by atoms with Crippen LogP contribution in [-0.2, 0) is 4.79 Å². The minimum atomic E-state index is -1.17. The van der Waals surface area contributed by atoms with Crippen molar-refractivity contribution in [2.45, 2.75) is 6.92 Å². The van der Waals surface area contributed by atoms with E-state index in [-0.39, 0.29) is 28.3 Å². The van der Waals surface area contributed by atoms with Gasteiger partial charge in [-0.05, 0) is 36.4 Å². The van der Waals surface area contributed by atoms with Gasteiger partial charge in [0.05, 0.1) is 18.4 Å². The molecule has 0 unspecified atom stereocenters. The van der Waals surface area contributed by atoms with E-state index in [0.717, 1.165) is 0 Å². The smallest absolute Gasteiger partial charge is 0.337 e. The van der Waals surface area contributed by atoms with Gasteiger partial charge in [-0.15, -0.1) is 0 Å². The molecule has 0 atom stereocenters. The number of amides is 1. The van der Waals surface area contributed by atoms with Crippen LogP contribution < -0.4 is 14.8 Å². The van der Waals surface area contributed by atoms with Crippen molar-refractivity contribution in [3.8, 4) is 11.5 Å². The predicted octanol–water partition coefficient (Wildman–Crippen LogP) is 3.33. The molecule has 8 heteroatoms. The number of carbonyl (C=O) groups excluding carboxylic acids is 2. The van der Waals surface area contributed by atoms with Crippen LogP contribution >= 0.6 is 15.9 Å². The average Bonchev–Trinajstić information content (AvgIpc) is 2.56. The van der Waals surface area contributed by atoms with Crippen molar-refractivity contribution in [3.63, 3.8) is 0 Å². The third-order valence-electron chi connectivity index (χ3n) is 3.14. The summed E-state index contributed by atoms with van der Waals surface area (Å²) in [4.78, 5) is 34.7. The first kappa shape index (κ1) is 18.5. The fraction of sp³-hybridized carbons (Fsp3) is 0.118. The number of methoxy groups -OCH3 is 1. The zero-order valence-corrected chi connectivity index (χ0v) is 14.9. The number of hydrogen-bond acceptors (Lipinski definition) is 5. The summed E-state index contributed by atoms with van der Waals surface area (Å²) in [5, 5.41) is 11.8. The fourth-order valence-corrected chi connectivity index (χ4v) is 2.41. The highest BCUT2D eigenvalue weighted by Gasteiger charge is 2.16. The Bertz CT molecular complexity index is 849. The predicted molar refractivity (Wildman–Crippen MR) is 93.4 cm³/mol. The molecule has 0 aromatic heterocycles. The summed E-state index contributed by atoms with van der Waals surface area (Å²) in [7, 11) is 1.38. The first-order chi connectivity index (χ1) is 11.8. The second-order valence-electron chi connectivity index (χ2n) is 4.91. The molecule has 25 heavy (non-hydrogen) atoms. The van der Waals surface area contributed by atoms with Gasteiger partial charge in [-0.2, -0.15) is 0 Å². The Morgan fingerprint density at radius 2 is 1.80 bits per heavy atom. The molecule has 0 fully saturated rings. The van der Waals surface area contributed by atoms with Gasteiger partial charge in [0.25, 0.3) is 5.91 Å². The van der Waals surface area contributed by atoms with Crippen LogP contribution in [0.3, 0.4) is 0 Å². The van der Waals surface area contributed by atoms with E-state index in [4.69, 9.17) is 9.47 Å². The summed E-state index contributed by atoms with van der Waals surface area (Å²) in [6.45, 7) is 1.25. The quantitative estimate of drug-likeness (QED) is 0.581. The Hall–Kier alpha value is -2.87. The molecule has 1 amide bonds. The van der Waals surface area contributed by atoms with Crippen LogP contribution in [0.25, 0.3) is 0 Å². The maximum absolute atomic E-state index is 12.4. The van der Waals surface area contributed by atoms with Gasteiger partial charge in [0.15, 0.2) is 11.5 Å². The highest BCUT2D eigenvalue weighted by Crippen LogP contribution is 2.29. The Morgan fingerprint density at radius 1 is 1.08 bits per heavy atom. The van der Waals surface area contributed by atoms with Crippen LogP contribution in [0.4, 0.5) is 5.69 Å². The van der Waals surface area contributed by atoms with Crippen molar-refractivity contribution in [2.75, 3.05) is 12.4 Å². The number of halogens is 1. The highest BCUT2D eigenvalue weighted by atomic mass is 79.9. The van der Waals surface area contributed by atoms with Crippen molar-refractivity contribution in [1.82, 2.24) is 0 Å². The summed E-state index contributed by atoms with van der Waals surface area (Å²) < 4.78 is 10.7. The number of rotatable bonds is 5. The van der Waals surface area contributed by atoms with Gasteiger partial charge in [-0.3, -0.25) is 9.59 Å². The van der Waals surface area contributed by atoms with Gasteiger partial charge in [0.1, 0.15) is 0 Å². The summed E-state index contributed by atoms with van der Waals surface area (Å²) >= 11 is 3.19. The highest BCUT2D eigenvalue weighted by molar-refractivity contribution is 9.10. The van der Waals surface area contributed by atoms with Crippen molar-refractivity contribution >= 4 is 39.5 Å². The molecule has 2 aromatic rings. The Labute approximate surface area is 151 Å². The Kier molecular flexibility index (Phi) is 5.76. The topological polar surface area (TPSA) is 102 Å². The van der Waals surface area contributed by atoms with E-state index in [0.29, 0.717) is 4.47 Å². The lowest BCUT2D eigenvalue weighted by molar-refractivity contribution is -0.132. The molecule has 0 aliphatic carbocycles. The molecular weight excluding hydrogens is 394 g/mol. The molecule has 0 saturated carbocycles. The number of carbonyl (C=O) groups is 3. The third kappa shape index (κ3) is 4.57. The average molecular weight is 408 g/mol. The maximum atomic E-state index is 12.4. The lowest BCUT2D eigenvalue weighted by atomic mass is 10.1. The zero-order valence-electron chi connectivity index (χ0n) is 13.3. The zero-order chi connectivity index (χ0) is 18.6. The van der Waals surface area contributed by atoms with Gasteiger partial charge in [-0.1, -0.05) is 15.9 Å². The van der Waals surface area contributed by atoms with Crippen LogP contribution in [0, 0.1) is 0 Å². The number of aromatic carboxylic acids is 1. The van der Waals surface area contributed by atoms with Gasteiger partial charge >= 0.3 is 11.9 Å². The van der Waals surface area contributed by atoms with E-state index < -0.39 is 17.8 Å². The van der Waals surface area contributed by atoms with E-state index in [9.17, 15) is 19.5 Å². The number of nitrogens with one attached hydrogen (secondary N) is 1. The molecule has 130 valence electrons. The summed E-state index contributed by atoms with van der Waals surface area (Å²) in [5.74, 6) is -1.83. The molecule has 0 saturated heterocycles. The minimum Gasteiger partial charge on any atom is -0.493 e. The van der Waals surface area contributed by atoms with E-state index >= 15 is 0 Å². The number of carboxylic acids is 1. The summed E-state index contributed by atoms with van der Waals surface area (Å²) in [5.41, 5.74) is 0.321. The number of ether oxygens (including phenoxy) is 2. The van der Waals surface area contributed by atoms with Crippen LogP contribution in [0.15, 0.2) is 40.9 Å². The van der Waals surface area contributed by atoms with Crippen molar-refractivity contribution in [1.29, 1.82) is 0 Å². The molecule has 7 nitrogen and oxygen atoms in total. The standard InChI is InChI=1S/C17H14BrNO6/c1-9(20)25-14-6-3-10(7-15(14)24-2)16(21)19-13-5-4-11(18)8-12(13)17(22)23/h3-8H,1-2H3,(H,19,21)(H,22,23). The number of benzene rings is 2. The van der Waals surface area contributed by atoms with Crippen LogP contribution in [0.5, 0.6) is 11.5 Å².